The molecule has 0 bridgehead atoms. The van der Waals surface area contributed by atoms with Crippen LogP contribution in [0.4, 0.5) is 0 Å². The van der Waals surface area contributed by atoms with Crippen LogP contribution >= 0.6 is 0 Å². The monoisotopic (exact) mass is 259 g/mol. The van der Waals surface area contributed by atoms with Crippen LogP contribution in [0, 0.1) is 0 Å². The molecule has 19 heavy (non-hydrogen) atoms. The average molecular weight is 259 g/mol. The lowest BCUT2D eigenvalue weighted by molar-refractivity contribution is 0.147. The topological polar surface area (TPSA) is 38.2 Å². The summed E-state index contributed by atoms with van der Waals surface area (Å²) in [6, 6.07) is 0.631. The van der Waals surface area contributed by atoms with Gasteiger partial charge in [-0.25, -0.2) is 9.97 Å². The Morgan fingerprint density at radius 3 is 2.79 bits per heavy atom. The second-order valence-corrected chi connectivity index (χ2v) is 6.01. The predicted molar refractivity (Wildman–Crippen MR) is 72.2 cm³/mol. The molecule has 1 atom stereocenters. The Kier molecular flexibility index (Phi) is 3.00. The van der Waals surface area contributed by atoms with Crippen LogP contribution in [0.5, 0.6) is 0 Å². The molecule has 1 aromatic rings. The lowest BCUT2D eigenvalue weighted by atomic mass is 10.0. The molecule has 2 aliphatic heterocycles. The predicted octanol–water partition coefficient (Wildman–Crippen LogP) is 1.54. The fourth-order valence-corrected chi connectivity index (χ4v) is 3.45. The summed E-state index contributed by atoms with van der Waals surface area (Å²) in [5.41, 5.74) is 4.12. The van der Waals surface area contributed by atoms with Gasteiger partial charge in [0.25, 0.3) is 0 Å². The van der Waals surface area contributed by atoms with Crippen molar-refractivity contribution in [2.45, 2.75) is 44.1 Å². The van der Waals surface area contributed by atoms with Crippen LogP contribution in [0.25, 0.3) is 0 Å². The maximum atomic E-state index is 5.53. The van der Waals surface area contributed by atoms with Gasteiger partial charge < -0.3 is 4.74 Å². The molecule has 0 spiro atoms. The van der Waals surface area contributed by atoms with E-state index in [0.717, 1.165) is 45.1 Å². The largest absolute Gasteiger partial charge is 0.380 e. The summed E-state index contributed by atoms with van der Waals surface area (Å²) < 4.78 is 5.53. The van der Waals surface area contributed by atoms with Crippen molar-refractivity contribution in [1.82, 2.24) is 14.9 Å². The second-order valence-electron chi connectivity index (χ2n) is 6.01. The fourth-order valence-electron chi connectivity index (χ4n) is 3.45. The van der Waals surface area contributed by atoms with Gasteiger partial charge in [0.15, 0.2) is 0 Å². The van der Waals surface area contributed by atoms with Gasteiger partial charge in [0, 0.05) is 43.8 Å². The molecular weight excluding hydrogens is 238 g/mol. The van der Waals surface area contributed by atoms with Crippen molar-refractivity contribution in [3.05, 3.63) is 23.3 Å². The van der Waals surface area contributed by atoms with E-state index in [2.05, 4.69) is 14.9 Å². The smallest absolute Gasteiger partial charge is 0.115 e. The van der Waals surface area contributed by atoms with E-state index in [9.17, 15) is 0 Å². The van der Waals surface area contributed by atoms with Crippen molar-refractivity contribution in [3.63, 3.8) is 0 Å². The van der Waals surface area contributed by atoms with Crippen molar-refractivity contribution in [1.29, 1.82) is 0 Å². The van der Waals surface area contributed by atoms with Crippen molar-refractivity contribution in [2.75, 3.05) is 26.3 Å². The SMILES string of the molecule is c1nc2c(c(C3CC3)n1)CCN(C1CCOC1)CC2. The van der Waals surface area contributed by atoms with Crippen LogP contribution < -0.4 is 0 Å². The molecule has 1 saturated carbocycles. The van der Waals surface area contributed by atoms with E-state index in [1.807, 2.05) is 0 Å². The first-order valence-electron chi connectivity index (χ1n) is 7.56. The summed E-state index contributed by atoms with van der Waals surface area (Å²) in [5, 5.41) is 0. The maximum Gasteiger partial charge on any atom is 0.115 e. The minimum absolute atomic E-state index is 0.631. The van der Waals surface area contributed by atoms with E-state index in [1.54, 1.807) is 6.33 Å². The molecule has 0 amide bonds. The third kappa shape index (κ3) is 2.28. The number of ether oxygens (including phenoxy) is 1. The number of rotatable bonds is 2. The summed E-state index contributed by atoms with van der Waals surface area (Å²) in [6.07, 6.45) is 7.82. The van der Waals surface area contributed by atoms with Gasteiger partial charge in [0.05, 0.1) is 12.3 Å². The van der Waals surface area contributed by atoms with Gasteiger partial charge in [-0.05, 0) is 31.2 Å². The minimum Gasteiger partial charge on any atom is -0.380 e. The normalized spacial score (nSPS) is 28.1. The Labute approximate surface area is 114 Å². The van der Waals surface area contributed by atoms with Gasteiger partial charge in [0.1, 0.15) is 6.33 Å². The first-order valence-corrected chi connectivity index (χ1v) is 7.56. The summed E-state index contributed by atoms with van der Waals surface area (Å²) in [5.74, 6) is 0.734. The lowest BCUT2D eigenvalue weighted by Gasteiger charge is -2.25. The highest BCUT2D eigenvalue weighted by atomic mass is 16.5. The number of nitrogens with zero attached hydrogens (tertiary/aromatic N) is 3. The van der Waals surface area contributed by atoms with Crippen LogP contribution in [0.15, 0.2) is 6.33 Å². The third-order valence-corrected chi connectivity index (χ3v) is 4.74. The van der Waals surface area contributed by atoms with E-state index in [4.69, 9.17) is 4.74 Å². The molecule has 1 aliphatic carbocycles. The molecule has 4 nitrogen and oxygen atoms in total. The highest BCUT2D eigenvalue weighted by molar-refractivity contribution is 5.31. The zero-order valence-corrected chi connectivity index (χ0v) is 11.3. The fraction of sp³-hybridized carbons (Fsp3) is 0.733. The van der Waals surface area contributed by atoms with E-state index < -0.39 is 0 Å². The molecule has 0 aromatic carbocycles. The molecule has 1 unspecified atom stereocenters. The molecular formula is C15H21N3O. The van der Waals surface area contributed by atoms with E-state index >= 15 is 0 Å². The van der Waals surface area contributed by atoms with Crippen molar-refractivity contribution >= 4 is 0 Å². The summed E-state index contributed by atoms with van der Waals surface area (Å²) >= 11 is 0. The Morgan fingerprint density at radius 1 is 1.11 bits per heavy atom. The molecule has 1 aromatic heterocycles. The zero-order valence-electron chi connectivity index (χ0n) is 11.3. The van der Waals surface area contributed by atoms with Crippen molar-refractivity contribution in [2.24, 2.45) is 0 Å². The molecule has 4 heteroatoms. The van der Waals surface area contributed by atoms with Gasteiger partial charge in [-0.3, -0.25) is 4.90 Å². The van der Waals surface area contributed by atoms with E-state index in [1.165, 1.54) is 36.2 Å². The zero-order chi connectivity index (χ0) is 12.7. The van der Waals surface area contributed by atoms with Crippen LogP contribution in [0.3, 0.4) is 0 Å². The molecule has 0 radical (unpaired) electrons. The van der Waals surface area contributed by atoms with Crippen molar-refractivity contribution in [3.8, 4) is 0 Å². The molecule has 4 rings (SSSR count). The van der Waals surface area contributed by atoms with Gasteiger partial charge >= 0.3 is 0 Å². The second kappa shape index (κ2) is 4.84. The Balaban J connectivity index is 1.56. The summed E-state index contributed by atoms with van der Waals surface area (Å²) in [4.78, 5) is 11.7. The summed E-state index contributed by atoms with van der Waals surface area (Å²) in [7, 11) is 0. The third-order valence-electron chi connectivity index (χ3n) is 4.74. The molecule has 0 N–H and O–H groups in total. The number of fused-ring (bicyclic) bond motifs is 1. The van der Waals surface area contributed by atoms with Crippen LogP contribution in [-0.4, -0.2) is 47.2 Å². The average Bonchev–Trinajstić information content (AvgIpc) is 3.19. The molecule has 3 aliphatic rings. The maximum absolute atomic E-state index is 5.53. The van der Waals surface area contributed by atoms with Crippen LogP contribution in [0.1, 0.15) is 42.1 Å². The number of hydrogen-bond donors (Lipinski definition) is 0. The molecule has 2 fully saturated rings. The first kappa shape index (κ1) is 11.8. The van der Waals surface area contributed by atoms with Crippen LogP contribution in [0.2, 0.25) is 0 Å². The van der Waals surface area contributed by atoms with Gasteiger partial charge in [0.2, 0.25) is 0 Å². The lowest BCUT2D eigenvalue weighted by Crippen LogP contribution is -2.37. The molecule has 102 valence electrons. The van der Waals surface area contributed by atoms with Gasteiger partial charge in [-0.2, -0.15) is 0 Å². The minimum atomic E-state index is 0.631. The van der Waals surface area contributed by atoms with Crippen molar-refractivity contribution < 1.29 is 4.74 Å². The first-order chi connectivity index (χ1) is 9.42. The van der Waals surface area contributed by atoms with Gasteiger partial charge in [-0.1, -0.05) is 0 Å². The van der Waals surface area contributed by atoms with E-state index in [-0.39, 0.29) is 0 Å². The Bertz CT molecular complexity index is 466. The Morgan fingerprint density at radius 2 is 2.00 bits per heavy atom. The number of aromatic nitrogens is 2. The van der Waals surface area contributed by atoms with Crippen LogP contribution in [-0.2, 0) is 17.6 Å². The van der Waals surface area contributed by atoms with Gasteiger partial charge in [-0.15, -0.1) is 0 Å². The standard InChI is InChI=1S/C15H21N3O/c1-2-11(1)15-13-3-6-18(12-5-8-19-9-12)7-4-14(13)16-10-17-15/h10-12H,1-9H2. The highest BCUT2D eigenvalue weighted by Crippen LogP contribution is 2.41. The summed E-state index contributed by atoms with van der Waals surface area (Å²) in [6.45, 7) is 4.12. The quantitative estimate of drug-likeness (QED) is 0.807. The molecule has 1 saturated heterocycles. The van der Waals surface area contributed by atoms with E-state index in [0.29, 0.717) is 6.04 Å². The number of hydrogen-bond acceptors (Lipinski definition) is 4. The molecule has 3 heterocycles. The highest BCUT2D eigenvalue weighted by Gasteiger charge is 2.31. The Hall–Kier alpha value is -1.00.